The van der Waals surface area contributed by atoms with Crippen LogP contribution in [0.1, 0.15) is 19.3 Å². The molecule has 4 atom stereocenters. The summed E-state index contributed by atoms with van der Waals surface area (Å²) in [4.78, 5) is 25.5. The van der Waals surface area contributed by atoms with Crippen LogP contribution < -0.4 is 5.11 Å². The Hall–Kier alpha value is -1.58. The highest BCUT2D eigenvalue weighted by atomic mass is 16.4. The van der Waals surface area contributed by atoms with Crippen molar-refractivity contribution in [2.45, 2.75) is 19.3 Å². The number of hydrogen-bond acceptors (Lipinski definition) is 3. The van der Waals surface area contributed by atoms with E-state index in [1.54, 1.807) is 17.1 Å². The Kier molecular flexibility index (Phi) is 4.08. The van der Waals surface area contributed by atoms with Crippen molar-refractivity contribution in [3.05, 3.63) is 25.3 Å². The molecule has 2 bridgehead atoms. The highest BCUT2D eigenvalue weighted by molar-refractivity contribution is 5.85. The van der Waals surface area contributed by atoms with Crippen molar-refractivity contribution in [3.63, 3.8) is 0 Å². The van der Waals surface area contributed by atoms with E-state index in [1.165, 1.54) is 0 Å². The predicted molar refractivity (Wildman–Crippen MR) is 69.8 cm³/mol. The molecule has 0 unspecified atom stereocenters. The van der Waals surface area contributed by atoms with Gasteiger partial charge in [-0.15, -0.1) is 13.2 Å². The second kappa shape index (κ2) is 5.59. The number of carboxylic acids is 1. The van der Waals surface area contributed by atoms with Gasteiger partial charge in [-0.05, 0) is 31.1 Å². The molecule has 0 radical (unpaired) electrons. The lowest BCUT2D eigenvalue weighted by Crippen LogP contribution is -2.47. The first-order valence-electron chi connectivity index (χ1n) is 6.81. The van der Waals surface area contributed by atoms with Crippen molar-refractivity contribution in [2.24, 2.45) is 23.7 Å². The number of fused-ring (bicyclic) bond motifs is 2. The Bertz CT molecular complexity index is 394. The van der Waals surface area contributed by atoms with Crippen molar-refractivity contribution in [2.75, 3.05) is 13.1 Å². The summed E-state index contributed by atoms with van der Waals surface area (Å²) in [6, 6.07) is 0. The summed E-state index contributed by atoms with van der Waals surface area (Å²) in [7, 11) is 0. The van der Waals surface area contributed by atoms with Crippen LogP contribution in [0.25, 0.3) is 0 Å². The maximum atomic E-state index is 12.6. The zero-order valence-corrected chi connectivity index (χ0v) is 11.1. The van der Waals surface area contributed by atoms with Crippen molar-refractivity contribution < 1.29 is 14.7 Å². The maximum Gasteiger partial charge on any atom is 0.227 e. The van der Waals surface area contributed by atoms with E-state index >= 15 is 0 Å². The lowest BCUT2D eigenvalue weighted by Gasteiger charge is -2.34. The minimum atomic E-state index is -1.07. The summed E-state index contributed by atoms with van der Waals surface area (Å²) in [6.45, 7) is 8.13. The van der Waals surface area contributed by atoms with Crippen molar-refractivity contribution >= 4 is 11.9 Å². The Morgan fingerprint density at radius 1 is 1.11 bits per heavy atom. The number of carbonyl (C=O) groups is 2. The van der Waals surface area contributed by atoms with E-state index in [4.69, 9.17) is 0 Å². The lowest BCUT2D eigenvalue weighted by molar-refractivity contribution is -0.314. The van der Waals surface area contributed by atoms with Gasteiger partial charge in [-0.25, -0.2) is 0 Å². The number of aliphatic carboxylic acids is 1. The molecule has 104 valence electrons. The van der Waals surface area contributed by atoms with Gasteiger partial charge in [-0.1, -0.05) is 12.2 Å². The zero-order valence-electron chi connectivity index (χ0n) is 11.1. The van der Waals surface area contributed by atoms with E-state index < -0.39 is 17.8 Å². The highest BCUT2D eigenvalue weighted by Crippen LogP contribution is 2.52. The minimum absolute atomic E-state index is 0.0822. The number of carbonyl (C=O) groups excluding carboxylic acids is 2. The Morgan fingerprint density at radius 2 is 1.63 bits per heavy atom. The van der Waals surface area contributed by atoms with Crippen LogP contribution in [0.15, 0.2) is 25.3 Å². The fraction of sp³-hybridized carbons (Fsp3) is 0.600. The number of rotatable bonds is 6. The largest absolute Gasteiger partial charge is 0.550 e. The molecule has 2 fully saturated rings. The molecular formula is C15H20NO3-. The summed E-state index contributed by atoms with van der Waals surface area (Å²) >= 11 is 0. The topological polar surface area (TPSA) is 60.4 Å². The third-order valence-corrected chi connectivity index (χ3v) is 4.48. The van der Waals surface area contributed by atoms with Gasteiger partial charge in [0.15, 0.2) is 0 Å². The number of nitrogens with zero attached hydrogens (tertiary/aromatic N) is 1. The molecule has 2 rings (SSSR count). The van der Waals surface area contributed by atoms with Gasteiger partial charge in [0.25, 0.3) is 0 Å². The first kappa shape index (κ1) is 13.8. The molecule has 0 aromatic rings. The number of carboxylic acid groups (broad SMARTS) is 1. The summed E-state index contributed by atoms with van der Waals surface area (Å²) in [5.74, 6) is -1.84. The fourth-order valence-electron chi connectivity index (χ4n) is 3.76. The van der Waals surface area contributed by atoms with E-state index in [2.05, 4.69) is 13.2 Å². The lowest BCUT2D eigenvalue weighted by atomic mass is 9.78. The van der Waals surface area contributed by atoms with E-state index in [0.29, 0.717) is 13.1 Å². The second-order valence-corrected chi connectivity index (χ2v) is 5.52. The van der Waals surface area contributed by atoms with E-state index in [0.717, 1.165) is 19.3 Å². The average Bonchev–Trinajstić information content (AvgIpc) is 2.97. The Labute approximate surface area is 113 Å². The first-order chi connectivity index (χ1) is 9.10. The minimum Gasteiger partial charge on any atom is -0.550 e. The Balaban J connectivity index is 2.18. The fourth-order valence-corrected chi connectivity index (χ4v) is 3.76. The summed E-state index contributed by atoms with van der Waals surface area (Å²) < 4.78 is 0. The van der Waals surface area contributed by atoms with E-state index in [9.17, 15) is 14.7 Å². The van der Waals surface area contributed by atoms with Crippen molar-refractivity contribution in [1.29, 1.82) is 0 Å². The normalized spacial score (nSPS) is 32.0. The molecule has 2 saturated carbocycles. The van der Waals surface area contributed by atoms with Gasteiger partial charge in [0.1, 0.15) is 0 Å². The Morgan fingerprint density at radius 3 is 2.11 bits per heavy atom. The molecule has 0 aromatic heterocycles. The quantitative estimate of drug-likeness (QED) is 0.659. The van der Waals surface area contributed by atoms with Crippen LogP contribution in [-0.2, 0) is 9.59 Å². The SMILES string of the molecule is C=CCN(CC=C)C(=O)[C@H]1[C@H]2CC[C@@H](C2)[C@@H]1C(=O)[O-]. The van der Waals surface area contributed by atoms with Gasteiger partial charge in [-0.2, -0.15) is 0 Å². The molecule has 4 nitrogen and oxygen atoms in total. The van der Waals surface area contributed by atoms with Crippen LogP contribution in [0.3, 0.4) is 0 Å². The van der Waals surface area contributed by atoms with Crippen molar-refractivity contribution in [3.8, 4) is 0 Å². The molecular weight excluding hydrogens is 242 g/mol. The molecule has 1 amide bonds. The predicted octanol–water partition coefficient (Wildman–Crippen LogP) is 0.599. The smallest absolute Gasteiger partial charge is 0.227 e. The summed E-state index contributed by atoms with van der Waals surface area (Å²) in [5.41, 5.74) is 0. The van der Waals surface area contributed by atoms with Crippen LogP contribution in [0, 0.1) is 23.7 Å². The molecule has 0 aliphatic heterocycles. The molecule has 0 spiro atoms. The standard InChI is InChI=1S/C15H21NO3/c1-3-7-16(8-4-2)14(17)12-10-5-6-11(9-10)13(12)15(18)19/h3-4,10-13H,1-2,5-9H2,(H,18,19)/p-1/t10-,11-,12-,13-/m0/s1. The molecule has 2 aliphatic rings. The zero-order chi connectivity index (χ0) is 14.0. The van der Waals surface area contributed by atoms with Crippen LogP contribution in [0.2, 0.25) is 0 Å². The molecule has 0 saturated heterocycles. The van der Waals surface area contributed by atoms with Gasteiger partial charge >= 0.3 is 0 Å². The van der Waals surface area contributed by atoms with Gasteiger partial charge in [0.05, 0.1) is 0 Å². The van der Waals surface area contributed by atoms with Crippen LogP contribution in [0.4, 0.5) is 0 Å². The summed E-state index contributed by atoms with van der Waals surface area (Å²) in [5, 5.41) is 11.3. The molecule has 4 heteroatoms. The number of amides is 1. The average molecular weight is 262 g/mol. The third-order valence-electron chi connectivity index (χ3n) is 4.48. The molecule has 19 heavy (non-hydrogen) atoms. The monoisotopic (exact) mass is 262 g/mol. The molecule has 0 heterocycles. The summed E-state index contributed by atoms with van der Waals surface area (Å²) in [6.07, 6.45) is 6.03. The van der Waals surface area contributed by atoms with Gasteiger partial charge in [0.2, 0.25) is 5.91 Å². The van der Waals surface area contributed by atoms with E-state index in [1.807, 2.05) is 0 Å². The first-order valence-corrected chi connectivity index (χ1v) is 6.81. The van der Waals surface area contributed by atoms with Crippen molar-refractivity contribution in [1.82, 2.24) is 4.90 Å². The van der Waals surface area contributed by atoms with Gasteiger partial charge in [-0.3, -0.25) is 4.79 Å². The van der Waals surface area contributed by atoms with Crippen LogP contribution in [0.5, 0.6) is 0 Å². The maximum absolute atomic E-state index is 12.6. The van der Waals surface area contributed by atoms with Crippen LogP contribution in [-0.4, -0.2) is 29.9 Å². The molecule has 0 aromatic carbocycles. The van der Waals surface area contributed by atoms with Gasteiger partial charge < -0.3 is 14.8 Å². The van der Waals surface area contributed by atoms with E-state index in [-0.39, 0.29) is 17.7 Å². The third kappa shape index (κ3) is 2.44. The number of hydrogen-bond donors (Lipinski definition) is 0. The molecule has 0 N–H and O–H groups in total. The van der Waals surface area contributed by atoms with Crippen LogP contribution >= 0.6 is 0 Å². The molecule has 2 aliphatic carbocycles. The van der Waals surface area contributed by atoms with Gasteiger partial charge in [0, 0.05) is 30.9 Å². The highest BCUT2D eigenvalue weighted by Gasteiger charge is 2.52. The second-order valence-electron chi connectivity index (χ2n) is 5.52.